The molecule has 0 spiro atoms. The highest BCUT2D eigenvalue weighted by Gasteiger charge is 1.95. The average Bonchev–Trinajstić information content (AvgIpc) is 2.90. The van der Waals surface area contributed by atoms with Gasteiger partial charge in [-0.2, -0.15) is 0 Å². The minimum atomic E-state index is -0.935. The van der Waals surface area contributed by atoms with E-state index in [2.05, 4.69) is 31.4 Å². The van der Waals surface area contributed by atoms with E-state index in [9.17, 15) is 9.59 Å². The second-order valence-electron chi connectivity index (χ2n) is 9.32. The van der Waals surface area contributed by atoms with Crippen LogP contribution in [-0.4, -0.2) is 50.1 Å². The zero-order chi connectivity index (χ0) is 29.1. The summed E-state index contributed by atoms with van der Waals surface area (Å²) in [7, 11) is 0. The van der Waals surface area contributed by atoms with Crippen molar-refractivity contribution in [1.29, 1.82) is 0 Å². The standard InChI is InChI=1S/C23H46O2.C5H8O2.C4H6O2/c1-3-5-6-7-8-9-10-11-12-13-14-15-16-17-18-19-21-25-23-22-24-20-4-2;1-3-5(6)7-4-2;1-3(2)4(5)6/h4H,2-3,5-23H2,1H3;3H,1,4H2,2H3;1H2,2H3,(H,5,6). The molecule has 0 rings (SSSR count). The Bertz CT molecular complexity index is 532. The zero-order valence-electron chi connectivity index (χ0n) is 25.1. The zero-order valence-corrected chi connectivity index (χ0v) is 25.1. The van der Waals surface area contributed by atoms with Crippen molar-refractivity contribution < 1.29 is 28.9 Å². The van der Waals surface area contributed by atoms with Gasteiger partial charge in [-0.25, -0.2) is 9.59 Å². The Kier molecular flexibility index (Phi) is 39.8. The molecule has 0 saturated carbocycles. The molecule has 0 aromatic carbocycles. The fraction of sp³-hybridized carbons (Fsp3) is 0.750. The summed E-state index contributed by atoms with van der Waals surface area (Å²) < 4.78 is 15.2. The van der Waals surface area contributed by atoms with Crippen LogP contribution in [0, 0.1) is 0 Å². The van der Waals surface area contributed by atoms with Gasteiger partial charge in [0.25, 0.3) is 0 Å². The Morgan fingerprint density at radius 3 is 1.39 bits per heavy atom. The minimum absolute atomic E-state index is 0.176. The van der Waals surface area contributed by atoms with Crippen LogP contribution in [0.2, 0.25) is 0 Å². The maximum Gasteiger partial charge on any atom is 0.330 e. The van der Waals surface area contributed by atoms with Gasteiger partial charge in [0.1, 0.15) is 0 Å². The SMILES string of the molecule is C=C(C)C(=O)O.C=CC(=O)OCC.C=CCOCCOCCCCCCCCCCCCCCCCCC. The topological polar surface area (TPSA) is 82.1 Å². The summed E-state index contributed by atoms with van der Waals surface area (Å²) in [5, 5.41) is 7.89. The first-order valence-corrected chi connectivity index (χ1v) is 14.8. The summed E-state index contributed by atoms with van der Waals surface area (Å²) >= 11 is 0. The quantitative estimate of drug-likeness (QED) is 0.0539. The predicted molar refractivity (Wildman–Crippen MR) is 161 cm³/mol. The highest BCUT2D eigenvalue weighted by atomic mass is 16.5. The van der Waals surface area contributed by atoms with Crippen molar-refractivity contribution in [3.05, 3.63) is 37.5 Å². The van der Waals surface area contributed by atoms with Gasteiger partial charge in [0.15, 0.2) is 0 Å². The molecule has 0 heterocycles. The number of unbranched alkanes of at least 4 members (excludes halogenated alkanes) is 15. The van der Waals surface area contributed by atoms with Crippen molar-refractivity contribution in [3.63, 3.8) is 0 Å². The molecule has 0 saturated heterocycles. The number of hydrogen-bond acceptors (Lipinski definition) is 5. The molecule has 0 amide bonds. The maximum atomic E-state index is 10.1. The number of carbonyl (C=O) groups is 2. The molecular formula is C32H60O6. The predicted octanol–water partition coefficient (Wildman–Crippen LogP) is 8.85. The molecule has 0 radical (unpaired) electrons. The highest BCUT2D eigenvalue weighted by molar-refractivity contribution is 5.84. The minimum Gasteiger partial charge on any atom is -0.478 e. The smallest absolute Gasteiger partial charge is 0.330 e. The Morgan fingerprint density at radius 2 is 1.08 bits per heavy atom. The van der Waals surface area contributed by atoms with Gasteiger partial charge < -0.3 is 19.3 Å². The van der Waals surface area contributed by atoms with E-state index >= 15 is 0 Å². The molecule has 0 fully saturated rings. The summed E-state index contributed by atoms with van der Waals surface area (Å²) in [6.45, 7) is 18.8. The van der Waals surface area contributed by atoms with E-state index in [0.29, 0.717) is 26.4 Å². The third-order valence-corrected chi connectivity index (χ3v) is 5.57. The van der Waals surface area contributed by atoms with Gasteiger partial charge in [-0.15, -0.1) is 6.58 Å². The molecule has 0 aliphatic heterocycles. The number of carboxylic acids is 1. The van der Waals surface area contributed by atoms with Gasteiger partial charge in [-0.3, -0.25) is 0 Å². The summed E-state index contributed by atoms with van der Waals surface area (Å²) in [5.41, 5.74) is 0.176. The van der Waals surface area contributed by atoms with Crippen LogP contribution >= 0.6 is 0 Å². The molecule has 0 aliphatic carbocycles. The third kappa shape index (κ3) is 44.1. The summed E-state index contributed by atoms with van der Waals surface area (Å²) in [4.78, 5) is 19.7. The van der Waals surface area contributed by atoms with E-state index in [-0.39, 0.29) is 11.5 Å². The molecule has 6 nitrogen and oxygen atoms in total. The lowest BCUT2D eigenvalue weighted by Crippen LogP contribution is -2.05. The van der Waals surface area contributed by atoms with Crippen LogP contribution in [0.4, 0.5) is 0 Å². The lowest BCUT2D eigenvalue weighted by atomic mass is 10.0. The molecule has 0 bridgehead atoms. The average molecular weight is 541 g/mol. The maximum absolute atomic E-state index is 10.1. The van der Waals surface area contributed by atoms with Crippen molar-refractivity contribution >= 4 is 11.9 Å². The van der Waals surface area contributed by atoms with Crippen LogP contribution in [0.5, 0.6) is 0 Å². The van der Waals surface area contributed by atoms with Crippen molar-refractivity contribution in [3.8, 4) is 0 Å². The number of carboxylic acid groups (broad SMARTS) is 1. The Morgan fingerprint density at radius 1 is 0.684 bits per heavy atom. The van der Waals surface area contributed by atoms with E-state index in [0.717, 1.165) is 12.7 Å². The normalized spacial score (nSPS) is 9.87. The second kappa shape index (κ2) is 37.2. The molecule has 6 heteroatoms. The van der Waals surface area contributed by atoms with Gasteiger partial charge >= 0.3 is 11.9 Å². The van der Waals surface area contributed by atoms with Gasteiger partial charge in [0, 0.05) is 18.3 Å². The van der Waals surface area contributed by atoms with E-state index in [1.807, 2.05) is 0 Å². The van der Waals surface area contributed by atoms with Crippen LogP contribution in [0.3, 0.4) is 0 Å². The molecule has 0 aromatic rings. The van der Waals surface area contributed by atoms with Crippen LogP contribution in [-0.2, 0) is 23.8 Å². The molecule has 0 aromatic heterocycles. The number of carbonyl (C=O) groups excluding carboxylic acids is 1. The monoisotopic (exact) mass is 540 g/mol. The first kappa shape index (κ1) is 40.6. The first-order chi connectivity index (χ1) is 18.4. The molecule has 0 aliphatic rings. The Labute approximate surface area is 234 Å². The largest absolute Gasteiger partial charge is 0.478 e. The first-order valence-electron chi connectivity index (χ1n) is 14.8. The van der Waals surface area contributed by atoms with Crippen molar-refractivity contribution in [2.45, 2.75) is 124 Å². The fourth-order valence-corrected chi connectivity index (χ4v) is 3.34. The van der Waals surface area contributed by atoms with Crippen LogP contribution in [0.1, 0.15) is 124 Å². The van der Waals surface area contributed by atoms with Crippen LogP contribution < -0.4 is 0 Å². The molecular weight excluding hydrogens is 480 g/mol. The van der Waals surface area contributed by atoms with Crippen molar-refractivity contribution in [1.82, 2.24) is 0 Å². The third-order valence-electron chi connectivity index (χ3n) is 5.57. The number of aliphatic carboxylic acids is 1. The summed E-state index contributed by atoms with van der Waals surface area (Å²) in [5.74, 6) is -1.29. The number of hydrogen-bond donors (Lipinski definition) is 1. The molecule has 1 N–H and O–H groups in total. The van der Waals surface area contributed by atoms with E-state index in [1.54, 1.807) is 13.0 Å². The van der Waals surface area contributed by atoms with Gasteiger partial charge in [-0.1, -0.05) is 122 Å². The van der Waals surface area contributed by atoms with E-state index in [1.165, 1.54) is 110 Å². The Hall–Kier alpha value is -1.92. The lowest BCUT2D eigenvalue weighted by Gasteiger charge is -2.05. The van der Waals surface area contributed by atoms with Crippen LogP contribution in [0.25, 0.3) is 0 Å². The molecule has 0 unspecified atom stereocenters. The summed E-state index contributed by atoms with van der Waals surface area (Å²) in [6.07, 6.45) is 25.5. The number of ether oxygens (including phenoxy) is 3. The second-order valence-corrected chi connectivity index (χ2v) is 9.32. The highest BCUT2D eigenvalue weighted by Crippen LogP contribution is 2.13. The van der Waals surface area contributed by atoms with Gasteiger partial charge in [0.05, 0.1) is 26.4 Å². The molecule has 0 atom stereocenters. The summed E-state index contributed by atoms with van der Waals surface area (Å²) in [6, 6.07) is 0. The van der Waals surface area contributed by atoms with E-state index in [4.69, 9.17) is 14.6 Å². The van der Waals surface area contributed by atoms with Gasteiger partial charge in [0.2, 0.25) is 0 Å². The lowest BCUT2D eigenvalue weighted by molar-refractivity contribution is -0.137. The fourth-order valence-electron chi connectivity index (χ4n) is 3.34. The van der Waals surface area contributed by atoms with Crippen LogP contribution in [0.15, 0.2) is 37.5 Å². The number of rotatable bonds is 25. The van der Waals surface area contributed by atoms with E-state index < -0.39 is 5.97 Å². The van der Waals surface area contributed by atoms with Crippen molar-refractivity contribution in [2.75, 3.05) is 33.0 Å². The molecule has 224 valence electrons. The molecule has 38 heavy (non-hydrogen) atoms. The van der Waals surface area contributed by atoms with Crippen molar-refractivity contribution in [2.24, 2.45) is 0 Å². The Balaban J connectivity index is -0.000000769. The number of esters is 1. The van der Waals surface area contributed by atoms with Gasteiger partial charge in [-0.05, 0) is 20.3 Å².